The Balaban J connectivity index is 1.64. The molecule has 2 aromatic carbocycles. The van der Waals surface area contributed by atoms with Gasteiger partial charge in [-0.3, -0.25) is 4.79 Å². The van der Waals surface area contributed by atoms with Gasteiger partial charge in [-0.25, -0.2) is 4.68 Å². The second-order valence-corrected chi connectivity index (χ2v) is 7.82. The van der Waals surface area contributed by atoms with Crippen LogP contribution in [-0.4, -0.2) is 27.0 Å². The van der Waals surface area contributed by atoms with E-state index in [0.717, 1.165) is 9.15 Å². The lowest BCUT2D eigenvalue weighted by molar-refractivity contribution is -0.173. The third-order valence-electron chi connectivity index (χ3n) is 4.80. The Morgan fingerprint density at radius 1 is 1.20 bits per heavy atom. The number of carbonyl (C=O) groups is 1. The number of alkyl halides is 3. The largest absolute Gasteiger partial charge is 0.508 e. The first-order chi connectivity index (χ1) is 14.2. The average Bonchev–Trinajstić information content (AvgIpc) is 3.11. The number of benzene rings is 2. The Morgan fingerprint density at radius 3 is 2.60 bits per heavy atom. The molecule has 0 radical (unpaired) electrons. The van der Waals surface area contributed by atoms with E-state index in [2.05, 4.69) is 31.7 Å². The normalized spacial score (nSPS) is 18.4. The molecule has 0 bridgehead atoms. The first-order valence-electron chi connectivity index (χ1n) is 8.99. The standard InChI is InChI=1S/C20H16BrF3N4O2/c21-12-6-4-11(5-7-12)15-9-17(20(22,23)24)28-18(26-15)10-16(27-28)19(30)25-13-2-1-3-14(29)8-13/h1-8,10,15,17,26,29H,9H2,(H,25,30)/t15-,17-/m1/s1. The van der Waals surface area contributed by atoms with Gasteiger partial charge in [-0.2, -0.15) is 18.3 Å². The molecule has 3 aromatic rings. The number of carbonyl (C=O) groups excluding carboxylic acids is 1. The van der Waals surface area contributed by atoms with E-state index in [1.54, 1.807) is 30.3 Å². The number of rotatable bonds is 3. The summed E-state index contributed by atoms with van der Waals surface area (Å²) >= 11 is 3.32. The Labute approximate surface area is 177 Å². The number of fused-ring (bicyclic) bond motifs is 1. The van der Waals surface area contributed by atoms with Crippen molar-refractivity contribution in [3.63, 3.8) is 0 Å². The Bertz CT molecular complexity index is 1080. The van der Waals surface area contributed by atoms with E-state index < -0.39 is 24.2 Å². The molecule has 1 aliphatic rings. The highest BCUT2D eigenvalue weighted by Gasteiger charge is 2.46. The number of nitrogens with one attached hydrogen (secondary N) is 2. The van der Waals surface area contributed by atoms with Crippen molar-refractivity contribution in [3.05, 3.63) is 70.3 Å². The third kappa shape index (κ3) is 4.13. The molecule has 0 unspecified atom stereocenters. The van der Waals surface area contributed by atoms with Crippen LogP contribution in [0.15, 0.2) is 59.1 Å². The monoisotopic (exact) mass is 480 g/mol. The average molecular weight is 481 g/mol. The molecule has 2 atom stereocenters. The summed E-state index contributed by atoms with van der Waals surface area (Å²) in [5.74, 6) is -0.615. The van der Waals surface area contributed by atoms with Crippen LogP contribution in [0.5, 0.6) is 5.75 Å². The fourth-order valence-electron chi connectivity index (χ4n) is 3.38. The van der Waals surface area contributed by atoms with Gasteiger partial charge in [-0.15, -0.1) is 0 Å². The lowest BCUT2D eigenvalue weighted by Crippen LogP contribution is -2.35. The van der Waals surface area contributed by atoms with Gasteiger partial charge in [0.1, 0.15) is 11.6 Å². The molecule has 0 aliphatic carbocycles. The maximum atomic E-state index is 13.8. The SMILES string of the molecule is O=C(Nc1cccc(O)c1)c1cc2n(n1)[C@@H](C(F)(F)F)C[C@H](c1ccc(Br)cc1)N2. The first-order valence-corrected chi connectivity index (χ1v) is 9.78. The van der Waals surface area contributed by atoms with Gasteiger partial charge in [0, 0.05) is 28.7 Å². The van der Waals surface area contributed by atoms with Crippen LogP contribution in [0.25, 0.3) is 0 Å². The van der Waals surface area contributed by atoms with E-state index in [9.17, 15) is 23.1 Å². The van der Waals surface area contributed by atoms with Crippen molar-refractivity contribution in [1.82, 2.24) is 9.78 Å². The van der Waals surface area contributed by atoms with Gasteiger partial charge in [-0.1, -0.05) is 34.1 Å². The third-order valence-corrected chi connectivity index (χ3v) is 5.33. The van der Waals surface area contributed by atoms with E-state index in [-0.39, 0.29) is 23.7 Å². The van der Waals surface area contributed by atoms with E-state index >= 15 is 0 Å². The van der Waals surface area contributed by atoms with Crippen LogP contribution in [0.4, 0.5) is 24.7 Å². The van der Waals surface area contributed by atoms with Crippen molar-refractivity contribution in [2.45, 2.75) is 24.7 Å². The number of anilines is 2. The minimum atomic E-state index is -4.53. The first kappa shape index (κ1) is 20.3. The number of phenolic OH excluding ortho intramolecular Hbond substituents is 1. The summed E-state index contributed by atoms with van der Waals surface area (Å²) in [6.07, 6.45) is -4.79. The lowest BCUT2D eigenvalue weighted by Gasteiger charge is -2.33. The minimum Gasteiger partial charge on any atom is -0.508 e. The molecule has 0 fully saturated rings. The smallest absolute Gasteiger partial charge is 0.410 e. The maximum Gasteiger partial charge on any atom is 0.410 e. The second kappa shape index (κ2) is 7.67. The number of hydrogen-bond donors (Lipinski definition) is 3. The molecule has 0 spiro atoms. The molecule has 0 saturated carbocycles. The van der Waals surface area contributed by atoms with Gasteiger partial charge in [0.25, 0.3) is 5.91 Å². The summed E-state index contributed by atoms with van der Waals surface area (Å²) in [6, 6.07) is 11.7. The number of aromatic hydroxyl groups is 1. The van der Waals surface area contributed by atoms with Crippen molar-refractivity contribution in [2.75, 3.05) is 10.6 Å². The maximum absolute atomic E-state index is 13.8. The van der Waals surface area contributed by atoms with Crippen molar-refractivity contribution < 1.29 is 23.1 Å². The summed E-state index contributed by atoms with van der Waals surface area (Å²) in [5.41, 5.74) is 0.844. The quantitative estimate of drug-likeness (QED) is 0.477. The molecule has 6 nitrogen and oxygen atoms in total. The summed E-state index contributed by atoms with van der Waals surface area (Å²) < 4.78 is 42.9. The Morgan fingerprint density at radius 2 is 1.93 bits per heavy atom. The molecule has 3 N–H and O–H groups in total. The van der Waals surface area contributed by atoms with Gasteiger partial charge < -0.3 is 15.7 Å². The van der Waals surface area contributed by atoms with Crippen molar-refractivity contribution >= 4 is 33.3 Å². The number of aromatic nitrogens is 2. The summed E-state index contributed by atoms with van der Waals surface area (Å²) in [5, 5.41) is 19.0. The molecule has 1 aromatic heterocycles. The van der Waals surface area contributed by atoms with Crippen molar-refractivity contribution in [3.8, 4) is 5.75 Å². The second-order valence-electron chi connectivity index (χ2n) is 6.91. The van der Waals surface area contributed by atoms with Crippen LogP contribution in [0, 0.1) is 0 Å². The fourth-order valence-corrected chi connectivity index (χ4v) is 3.64. The van der Waals surface area contributed by atoms with Gasteiger partial charge in [0.15, 0.2) is 11.7 Å². The topological polar surface area (TPSA) is 79.2 Å². The molecule has 0 saturated heterocycles. The van der Waals surface area contributed by atoms with Gasteiger partial charge in [0.2, 0.25) is 0 Å². The zero-order valence-electron chi connectivity index (χ0n) is 15.3. The van der Waals surface area contributed by atoms with Crippen LogP contribution in [0.2, 0.25) is 0 Å². The molecule has 1 amide bonds. The molecule has 30 heavy (non-hydrogen) atoms. The molecule has 4 rings (SSSR count). The number of phenols is 1. The summed E-state index contributed by atoms with van der Waals surface area (Å²) in [6.45, 7) is 0. The predicted molar refractivity (Wildman–Crippen MR) is 109 cm³/mol. The molecule has 2 heterocycles. The number of amides is 1. The predicted octanol–water partition coefficient (Wildman–Crippen LogP) is 5.26. The Hall–Kier alpha value is -3.01. The minimum absolute atomic E-state index is 0.0481. The van der Waals surface area contributed by atoms with Crippen LogP contribution in [0.3, 0.4) is 0 Å². The molecule has 10 heteroatoms. The zero-order chi connectivity index (χ0) is 21.5. The van der Waals surface area contributed by atoms with E-state index in [4.69, 9.17) is 0 Å². The summed E-state index contributed by atoms with van der Waals surface area (Å²) in [7, 11) is 0. The molecular formula is C20H16BrF3N4O2. The number of nitrogens with zero attached hydrogens (tertiary/aromatic N) is 2. The fraction of sp³-hybridized carbons (Fsp3) is 0.200. The molecular weight excluding hydrogens is 465 g/mol. The van der Waals surface area contributed by atoms with E-state index in [0.29, 0.717) is 11.3 Å². The number of halogens is 4. The van der Waals surface area contributed by atoms with E-state index in [1.165, 1.54) is 24.3 Å². The van der Waals surface area contributed by atoms with Crippen molar-refractivity contribution in [2.24, 2.45) is 0 Å². The number of hydrogen-bond acceptors (Lipinski definition) is 4. The highest BCUT2D eigenvalue weighted by atomic mass is 79.9. The van der Waals surface area contributed by atoms with Gasteiger partial charge in [0.05, 0.1) is 6.04 Å². The van der Waals surface area contributed by atoms with Crippen molar-refractivity contribution in [1.29, 1.82) is 0 Å². The van der Waals surface area contributed by atoms with Crippen LogP contribution in [0.1, 0.15) is 34.6 Å². The lowest BCUT2D eigenvalue weighted by atomic mass is 9.97. The van der Waals surface area contributed by atoms with Crippen LogP contribution >= 0.6 is 15.9 Å². The zero-order valence-corrected chi connectivity index (χ0v) is 16.9. The van der Waals surface area contributed by atoms with Gasteiger partial charge >= 0.3 is 6.18 Å². The highest BCUT2D eigenvalue weighted by Crippen LogP contribution is 2.43. The van der Waals surface area contributed by atoms with E-state index in [1.807, 2.05) is 0 Å². The Kier molecular flexibility index (Phi) is 5.19. The molecule has 1 aliphatic heterocycles. The highest BCUT2D eigenvalue weighted by molar-refractivity contribution is 9.10. The van der Waals surface area contributed by atoms with Crippen LogP contribution in [-0.2, 0) is 0 Å². The summed E-state index contributed by atoms with van der Waals surface area (Å²) in [4.78, 5) is 12.5. The van der Waals surface area contributed by atoms with Crippen LogP contribution < -0.4 is 10.6 Å². The molecule has 156 valence electrons. The van der Waals surface area contributed by atoms with Gasteiger partial charge in [-0.05, 0) is 29.8 Å².